The van der Waals surface area contributed by atoms with Gasteiger partial charge in [0.15, 0.2) is 11.2 Å². The number of carbonyl (C=O) groups is 3. The van der Waals surface area contributed by atoms with E-state index in [-0.39, 0.29) is 29.5 Å². The Morgan fingerprint density at radius 3 is 2.33 bits per heavy atom. The zero-order chi connectivity index (χ0) is 32.6. The van der Waals surface area contributed by atoms with Crippen LogP contribution in [0.3, 0.4) is 0 Å². The van der Waals surface area contributed by atoms with Crippen LogP contribution >= 0.6 is 11.6 Å². The predicted octanol–water partition coefficient (Wildman–Crippen LogP) is 6.40. The number of nitrogens with one attached hydrogen (secondary N) is 1. The highest BCUT2D eigenvalue weighted by Crippen LogP contribution is 2.31. The first kappa shape index (κ1) is 32.9. The summed E-state index contributed by atoms with van der Waals surface area (Å²) in [7, 11) is 0. The molecule has 8 nitrogen and oxygen atoms in total. The summed E-state index contributed by atoms with van der Waals surface area (Å²) in [4.78, 5) is 53.9. The molecule has 0 radical (unpaired) electrons. The highest BCUT2D eigenvalue weighted by Gasteiger charge is 2.27. The van der Waals surface area contributed by atoms with E-state index in [9.17, 15) is 19.2 Å². The van der Waals surface area contributed by atoms with Gasteiger partial charge in [0.05, 0.1) is 11.9 Å². The van der Waals surface area contributed by atoms with Crippen molar-refractivity contribution < 1.29 is 18.8 Å². The molecule has 2 aliphatic rings. The van der Waals surface area contributed by atoms with Gasteiger partial charge in [-0.2, -0.15) is 0 Å². The molecule has 9 heteroatoms. The van der Waals surface area contributed by atoms with Crippen molar-refractivity contribution in [2.24, 2.45) is 0 Å². The zero-order valence-electron chi connectivity index (χ0n) is 26.4. The van der Waals surface area contributed by atoms with E-state index < -0.39 is 5.91 Å². The van der Waals surface area contributed by atoms with Crippen molar-refractivity contribution in [3.63, 3.8) is 0 Å². The fraction of sp³-hybridized carbons (Fsp3) is 0.351. The summed E-state index contributed by atoms with van der Waals surface area (Å²) in [6, 6.07) is 22.4. The van der Waals surface area contributed by atoms with Crippen LogP contribution in [0, 0.1) is 13.8 Å². The Bertz CT molecular complexity index is 1740. The van der Waals surface area contributed by atoms with E-state index in [4.69, 9.17) is 16.0 Å². The predicted molar refractivity (Wildman–Crippen MR) is 180 cm³/mol. The smallest absolute Gasteiger partial charge is 0.287 e. The standard InChI is InChI=1S/C30H33N3O5.C7H7Cl/c1-20-9-10-26-24(16-20)25(34)17-27(38-26)30(37)31-18-29(36)32-14-11-21(12-15-32)23-7-3-2-6-22(23)19-33-13-5-4-8-28(33)35;1-6-2-4-7(8)5-3-6/h2-3,6-7,9-10,16-17,21H,4-5,8,11-15,18-19H2,1H3,(H,31,37);2-5H,1H3. The second-order valence-corrected chi connectivity index (χ2v) is 12.5. The van der Waals surface area contributed by atoms with Gasteiger partial charge in [0.2, 0.25) is 11.8 Å². The molecule has 3 aromatic carbocycles. The zero-order valence-corrected chi connectivity index (χ0v) is 27.1. The second-order valence-electron chi connectivity index (χ2n) is 12.1. The molecule has 2 saturated heterocycles. The molecular formula is C37H40ClN3O5. The van der Waals surface area contributed by atoms with E-state index in [0.717, 1.165) is 42.8 Å². The molecule has 240 valence electrons. The van der Waals surface area contributed by atoms with E-state index in [0.29, 0.717) is 42.9 Å². The Morgan fingerprint density at radius 1 is 0.891 bits per heavy atom. The first-order valence-electron chi connectivity index (χ1n) is 15.9. The van der Waals surface area contributed by atoms with Crippen LogP contribution < -0.4 is 10.7 Å². The van der Waals surface area contributed by atoms with Gasteiger partial charge in [-0.25, -0.2) is 0 Å². The third-order valence-corrected chi connectivity index (χ3v) is 8.89. The fourth-order valence-corrected chi connectivity index (χ4v) is 6.15. The molecule has 0 saturated carbocycles. The van der Waals surface area contributed by atoms with Gasteiger partial charge in [-0.05, 0) is 80.8 Å². The molecule has 46 heavy (non-hydrogen) atoms. The van der Waals surface area contributed by atoms with Gasteiger partial charge >= 0.3 is 0 Å². The lowest BCUT2D eigenvalue weighted by Gasteiger charge is -2.34. The van der Waals surface area contributed by atoms with Crippen molar-refractivity contribution in [2.75, 3.05) is 26.2 Å². The molecule has 0 aliphatic carbocycles. The van der Waals surface area contributed by atoms with Crippen LogP contribution in [0.15, 0.2) is 82.0 Å². The minimum absolute atomic E-state index is 0.110. The number of halogens is 1. The van der Waals surface area contributed by atoms with Gasteiger partial charge in [0, 0.05) is 43.7 Å². The molecule has 4 aromatic rings. The summed E-state index contributed by atoms with van der Waals surface area (Å²) < 4.78 is 5.61. The Balaban J connectivity index is 0.000000455. The number of benzene rings is 3. The number of aryl methyl sites for hydroxylation is 2. The van der Waals surface area contributed by atoms with Crippen molar-refractivity contribution in [2.45, 2.75) is 58.4 Å². The van der Waals surface area contributed by atoms with Crippen LogP contribution in [0.5, 0.6) is 0 Å². The van der Waals surface area contributed by atoms with Crippen LogP contribution in [0.1, 0.15) is 70.8 Å². The van der Waals surface area contributed by atoms with Crippen molar-refractivity contribution in [3.05, 3.63) is 116 Å². The number of nitrogens with zero attached hydrogens (tertiary/aromatic N) is 2. The topological polar surface area (TPSA) is 99.9 Å². The van der Waals surface area contributed by atoms with Gasteiger partial charge in [-0.15, -0.1) is 0 Å². The van der Waals surface area contributed by atoms with Gasteiger partial charge in [0.25, 0.3) is 5.91 Å². The lowest BCUT2D eigenvalue weighted by atomic mass is 9.86. The fourth-order valence-electron chi connectivity index (χ4n) is 6.02. The summed E-state index contributed by atoms with van der Waals surface area (Å²) in [6.45, 7) is 6.41. The average molecular weight is 642 g/mol. The van der Waals surface area contributed by atoms with Crippen LogP contribution in [0.25, 0.3) is 11.0 Å². The van der Waals surface area contributed by atoms with Gasteiger partial charge in [-0.1, -0.05) is 65.2 Å². The number of likely N-dealkylation sites (tertiary alicyclic amines) is 2. The summed E-state index contributed by atoms with van der Waals surface area (Å²) in [5.74, 6) is -0.315. The first-order chi connectivity index (χ1) is 22.2. The Kier molecular flexibility index (Phi) is 10.9. The van der Waals surface area contributed by atoms with E-state index in [2.05, 4.69) is 17.4 Å². The maximum Gasteiger partial charge on any atom is 0.287 e. The quantitative estimate of drug-likeness (QED) is 0.263. The number of amides is 3. The third kappa shape index (κ3) is 8.43. The molecule has 3 amide bonds. The van der Waals surface area contributed by atoms with E-state index >= 15 is 0 Å². The summed E-state index contributed by atoms with van der Waals surface area (Å²) in [5, 5.41) is 3.82. The maximum atomic E-state index is 12.8. The SMILES string of the molecule is Cc1ccc(Cl)cc1.Cc1ccc2oc(C(=O)NCC(=O)N3CCC(c4ccccc4CN4CCCCC4=O)CC3)cc(=O)c2c1. The van der Waals surface area contributed by atoms with Crippen LogP contribution in [0.4, 0.5) is 0 Å². The molecule has 1 N–H and O–H groups in total. The first-order valence-corrected chi connectivity index (χ1v) is 16.2. The summed E-state index contributed by atoms with van der Waals surface area (Å²) >= 11 is 5.61. The highest BCUT2D eigenvalue weighted by atomic mass is 35.5. The molecule has 6 rings (SSSR count). The minimum atomic E-state index is -0.589. The van der Waals surface area contributed by atoms with E-state index in [1.165, 1.54) is 22.8 Å². The van der Waals surface area contributed by atoms with Crippen LogP contribution in [-0.2, 0) is 16.1 Å². The van der Waals surface area contributed by atoms with Crippen LogP contribution in [-0.4, -0.2) is 53.7 Å². The molecule has 0 atom stereocenters. The van der Waals surface area contributed by atoms with Gasteiger partial charge in [-0.3, -0.25) is 19.2 Å². The molecule has 2 aliphatic heterocycles. The average Bonchev–Trinajstić information content (AvgIpc) is 3.07. The number of hydrogen-bond acceptors (Lipinski definition) is 5. The lowest BCUT2D eigenvalue weighted by Crippen LogP contribution is -2.44. The summed E-state index contributed by atoms with van der Waals surface area (Å²) in [6.07, 6.45) is 4.30. The largest absolute Gasteiger partial charge is 0.451 e. The Hall–Kier alpha value is -4.43. The van der Waals surface area contributed by atoms with Crippen molar-refractivity contribution in [1.29, 1.82) is 0 Å². The number of piperidine rings is 2. The minimum Gasteiger partial charge on any atom is -0.451 e. The second kappa shape index (κ2) is 15.2. The van der Waals surface area contributed by atoms with Gasteiger partial charge < -0.3 is 19.5 Å². The third-order valence-electron chi connectivity index (χ3n) is 8.64. The Labute approximate surface area is 274 Å². The normalized spacial score (nSPS) is 15.3. The Morgan fingerprint density at radius 2 is 1.61 bits per heavy atom. The summed E-state index contributed by atoms with van der Waals surface area (Å²) in [5.41, 5.74) is 4.66. The molecule has 3 heterocycles. The molecule has 0 spiro atoms. The van der Waals surface area contributed by atoms with Crippen LogP contribution in [0.2, 0.25) is 5.02 Å². The maximum absolute atomic E-state index is 12.8. The molecular weight excluding hydrogens is 602 g/mol. The molecule has 0 unspecified atom stereocenters. The lowest BCUT2D eigenvalue weighted by molar-refractivity contribution is -0.134. The molecule has 0 bridgehead atoms. The van der Waals surface area contributed by atoms with E-state index in [1.807, 2.05) is 61.2 Å². The molecule has 1 aromatic heterocycles. The monoisotopic (exact) mass is 641 g/mol. The van der Waals surface area contributed by atoms with Crippen molar-refractivity contribution in [3.8, 4) is 0 Å². The number of carbonyl (C=O) groups excluding carboxylic acids is 3. The highest BCUT2D eigenvalue weighted by molar-refractivity contribution is 6.30. The molecule has 2 fully saturated rings. The van der Waals surface area contributed by atoms with Crippen molar-refractivity contribution in [1.82, 2.24) is 15.1 Å². The van der Waals surface area contributed by atoms with Gasteiger partial charge in [0.1, 0.15) is 5.58 Å². The number of rotatable bonds is 6. The van der Waals surface area contributed by atoms with Crippen molar-refractivity contribution >= 4 is 40.3 Å². The number of hydrogen-bond donors (Lipinski definition) is 1. The number of fused-ring (bicyclic) bond motifs is 1. The van der Waals surface area contributed by atoms with E-state index in [1.54, 1.807) is 17.0 Å².